The van der Waals surface area contributed by atoms with E-state index in [0.29, 0.717) is 0 Å². The summed E-state index contributed by atoms with van der Waals surface area (Å²) >= 11 is 0. The molecule has 0 amide bonds. The molecule has 0 radical (unpaired) electrons. The van der Waals surface area contributed by atoms with Crippen molar-refractivity contribution >= 4 is 11.0 Å². The Labute approximate surface area is 150 Å². The summed E-state index contributed by atoms with van der Waals surface area (Å²) in [6, 6.07) is 13.3. The molecule has 0 fully saturated rings. The van der Waals surface area contributed by atoms with Crippen LogP contribution in [0.3, 0.4) is 0 Å². The van der Waals surface area contributed by atoms with Crippen LogP contribution in [0, 0.1) is 0 Å². The smallest absolute Gasteiger partial charge is 0.121 e. The number of nitrogens with one attached hydrogen (secondary N) is 1. The van der Waals surface area contributed by atoms with E-state index in [9.17, 15) is 0 Å². The van der Waals surface area contributed by atoms with Gasteiger partial charge in [-0.15, -0.1) is 0 Å². The van der Waals surface area contributed by atoms with E-state index in [1.54, 1.807) is 0 Å². The van der Waals surface area contributed by atoms with Crippen molar-refractivity contribution in [3.63, 3.8) is 0 Å². The van der Waals surface area contributed by atoms with E-state index in [4.69, 9.17) is 0 Å². The average molecular weight is 335 g/mol. The normalized spacial score (nSPS) is 11.3. The Kier molecular flexibility index (Phi) is 6.21. The van der Waals surface area contributed by atoms with Crippen molar-refractivity contribution in [1.29, 1.82) is 0 Å². The monoisotopic (exact) mass is 335 g/mol. The van der Waals surface area contributed by atoms with Crippen LogP contribution in [-0.2, 0) is 12.8 Å². The third-order valence-electron chi connectivity index (χ3n) is 4.91. The molecule has 3 heteroatoms. The molecule has 0 saturated heterocycles. The van der Waals surface area contributed by atoms with Crippen molar-refractivity contribution in [2.24, 2.45) is 0 Å². The van der Waals surface area contributed by atoms with Crippen LogP contribution in [0.1, 0.15) is 63.5 Å². The van der Waals surface area contributed by atoms with E-state index in [1.807, 2.05) is 0 Å². The number of benzene rings is 2. The third-order valence-corrected chi connectivity index (χ3v) is 4.91. The number of unbranched alkanes of at least 4 members (excludes halogenated alkanes) is 4. The molecule has 0 saturated carbocycles. The molecule has 3 aromatic rings. The van der Waals surface area contributed by atoms with Gasteiger partial charge in [-0.05, 0) is 48.4 Å². The lowest BCUT2D eigenvalue weighted by Crippen LogP contribution is -1.94. The van der Waals surface area contributed by atoms with Gasteiger partial charge >= 0.3 is 0 Å². The van der Waals surface area contributed by atoms with Gasteiger partial charge in [-0.25, -0.2) is 0 Å². The molecular weight excluding hydrogens is 306 g/mol. The molecule has 132 valence electrons. The number of aryl methyl sites for hydroxylation is 2. The summed E-state index contributed by atoms with van der Waals surface area (Å²) < 4.78 is 0. The highest BCUT2D eigenvalue weighted by Crippen LogP contribution is 2.32. The summed E-state index contributed by atoms with van der Waals surface area (Å²) in [6.45, 7) is 4.50. The predicted octanol–water partition coefficient (Wildman–Crippen LogP) is 6.09. The third kappa shape index (κ3) is 4.28. The second-order valence-electron chi connectivity index (χ2n) is 6.91. The van der Waals surface area contributed by atoms with Crippen molar-refractivity contribution in [1.82, 2.24) is 15.4 Å². The van der Waals surface area contributed by atoms with Gasteiger partial charge in [-0.1, -0.05) is 69.9 Å². The molecule has 0 bridgehead atoms. The van der Waals surface area contributed by atoms with Crippen molar-refractivity contribution in [3.8, 4) is 11.1 Å². The molecule has 1 heterocycles. The Hall–Kier alpha value is -2.16. The number of rotatable bonds is 9. The molecule has 0 atom stereocenters. The first-order valence-corrected chi connectivity index (χ1v) is 9.75. The quantitative estimate of drug-likeness (QED) is 0.481. The molecule has 0 spiro atoms. The van der Waals surface area contributed by atoms with Gasteiger partial charge in [0.1, 0.15) is 11.0 Å². The van der Waals surface area contributed by atoms with E-state index >= 15 is 0 Å². The van der Waals surface area contributed by atoms with E-state index in [1.165, 1.54) is 60.8 Å². The van der Waals surface area contributed by atoms with Crippen LogP contribution in [0.2, 0.25) is 0 Å². The Balaban J connectivity index is 1.93. The zero-order valence-corrected chi connectivity index (χ0v) is 15.5. The maximum absolute atomic E-state index is 4.44. The lowest BCUT2D eigenvalue weighted by Gasteiger charge is -2.12. The molecule has 25 heavy (non-hydrogen) atoms. The van der Waals surface area contributed by atoms with Gasteiger partial charge in [0, 0.05) is 5.56 Å². The van der Waals surface area contributed by atoms with Gasteiger partial charge < -0.3 is 0 Å². The first-order chi connectivity index (χ1) is 12.3. The Morgan fingerprint density at radius 3 is 2.56 bits per heavy atom. The van der Waals surface area contributed by atoms with E-state index in [0.717, 1.165) is 23.9 Å². The SMILES string of the molecule is CCCCCCc1cccc(-c2c(CCCC)ccc3n[nH]nc23)c1. The maximum Gasteiger partial charge on any atom is 0.121 e. The van der Waals surface area contributed by atoms with E-state index < -0.39 is 0 Å². The summed E-state index contributed by atoms with van der Waals surface area (Å²) in [5.74, 6) is 0. The van der Waals surface area contributed by atoms with Crippen molar-refractivity contribution in [2.45, 2.75) is 65.2 Å². The Bertz CT molecular complexity index is 804. The minimum atomic E-state index is 0.948. The van der Waals surface area contributed by atoms with Crippen LogP contribution in [0.25, 0.3) is 22.2 Å². The fraction of sp³-hybridized carbons (Fsp3) is 0.455. The largest absolute Gasteiger partial charge is 0.197 e. The standard InChI is InChI=1S/C22H29N3/c1-3-5-7-8-10-17-11-9-13-19(16-17)21-18(12-6-4-2)14-15-20-22(21)24-25-23-20/h9,11,13-16H,3-8,10,12H2,1-2H3,(H,23,24,25). The molecule has 1 N–H and O–H groups in total. The highest BCUT2D eigenvalue weighted by atomic mass is 15.3. The summed E-state index contributed by atoms with van der Waals surface area (Å²) in [4.78, 5) is 0. The fourth-order valence-electron chi connectivity index (χ4n) is 3.49. The Morgan fingerprint density at radius 2 is 1.72 bits per heavy atom. The summed E-state index contributed by atoms with van der Waals surface area (Å²) in [7, 11) is 0. The number of aromatic amines is 1. The Morgan fingerprint density at radius 1 is 0.840 bits per heavy atom. The second kappa shape index (κ2) is 8.80. The molecule has 3 nitrogen and oxygen atoms in total. The predicted molar refractivity (Wildman–Crippen MR) is 106 cm³/mol. The fourth-order valence-corrected chi connectivity index (χ4v) is 3.49. The molecule has 0 unspecified atom stereocenters. The van der Waals surface area contributed by atoms with Crippen molar-refractivity contribution in [3.05, 3.63) is 47.5 Å². The first kappa shape index (κ1) is 17.7. The van der Waals surface area contributed by atoms with Crippen LogP contribution in [0.4, 0.5) is 0 Å². The number of aromatic nitrogens is 3. The topological polar surface area (TPSA) is 41.6 Å². The van der Waals surface area contributed by atoms with Crippen LogP contribution in [-0.4, -0.2) is 15.4 Å². The molecule has 1 aromatic heterocycles. The maximum atomic E-state index is 4.44. The number of H-pyrrole nitrogens is 1. The second-order valence-corrected chi connectivity index (χ2v) is 6.91. The highest BCUT2D eigenvalue weighted by molar-refractivity contribution is 5.93. The lowest BCUT2D eigenvalue weighted by atomic mass is 9.93. The average Bonchev–Trinajstić information content (AvgIpc) is 3.12. The van der Waals surface area contributed by atoms with Crippen LogP contribution < -0.4 is 0 Å². The van der Waals surface area contributed by atoms with Gasteiger partial charge in [-0.2, -0.15) is 15.4 Å². The zero-order valence-electron chi connectivity index (χ0n) is 15.5. The van der Waals surface area contributed by atoms with Gasteiger partial charge in [0.05, 0.1) is 0 Å². The van der Waals surface area contributed by atoms with Crippen molar-refractivity contribution in [2.75, 3.05) is 0 Å². The van der Waals surface area contributed by atoms with Gasteiger partial charge in [-0.3, -0.25) is 0 Å². The van der Waals surface area contributed by atoms with E-state index in [2.05, 4.69) is 65.7 Å². The number of fused-ring (bicyclic) bond motifs is 1. The van der Waals surface area contributed by atoms with Gasteiger partial charge in [0.15, 0.2) is 0 Å². The van der Waals surface area contributed by atoms with Crippen LogP contribution in [0.15, 0.2) is 36.4 Å². The van der Waals surface area contributed by atoms with Gasteiger partial charge in [0.2, 0.25) is 0 Å². The first-order valence-electron chi connectivity index (χ1n) is 9.75. The molecule has 3 rings (SSSR count). The summed E-state index contributed by atoms with van der Waals surface area (Å²) in [5, 5.41) is 11.5. The summed E-state index contributed by atoms with van der Waals surface area (Å²) in [5.41, 5.74) is 7.29. The van der Waals surface area contributed by atoms with Crippen LogP contribution >= 0.6 is 0 Å². The van der Waals surface area contributed by atoms with E-state index in [-0.39, 0.29) is 0 Å². The molecule has 0 aliphatic heterocycles. The minimum Gasteiger partial charge on any atom is -0.197 e. The zero-order chi connectivity index (χ0) is 17.5. The molecular formula is C22H29N3. The molecule has 2 aromatic carbocycles. The van der Waals surface area contributed by atoms with Crippen molar-refractivity contribution < 1.29 is 0 Å². The minimum absolute atomic E-state index is 0.948. The van der Waals surface area contributed by atoms with Gasteiger partial charge in [0.25, 0.3) is 0 Å². The molecule has 0 aliphatic carbocycles. The highest BCUT2D eigenvalue weighted by Gasteiger charge is 2.13. The lowest BCUT2D eigenvalue weighted by molar-refractivity contribution is 0.667. The van der Waals surface area contributed by atoms with Crippen LogP contribution in [0.5, 0.6) is 0 Å². The number of nitrogens with zero attached hydrogens (tertiary/aromatic N) is 2. The number of hydrogen-bond donors (Lipinski definition) is 1. The summed E-state index contributed by atoms with van der Waals surface area (Å²) in [6.07, 6.45) is 9.87. The number of hydrogen-bond acceptors (Lipinski definition) is 2. The molecule has 0 aliphatic rings.